The third-order valence-electron chi connectivity index (χ3n) is 3.28. The smallest absolute Gasteiger partial charge is 0.0651 e. The molecule has 21 heavy (non-hydrogen) atoms. The van der Waals surface area contributed by atoms with E-state index in [0.717, 1.165) is 0 Å². The molecular weight excluding hydrogens is 271 g/mol. The minimum atomic E-state index is -1.34. The molecule has 0 aliphatic carbocycles. The van der Waals surface area contributed by atoms with Crippen molar-refractivity contribution in [3.05, 3.63) is 47.6 Å². The predicted molar refractivity (Wildman–Crippen MR) is 103 cm³/mol. The molecule has 0 spiro atoms. The van der Waals surface area contributed by atoms with Crippen LogP contribution in [0.3, 0.4) is 0 Å². The first-order valence-corrected chi connectivity index (χ1v) is 10.9. The predicted octanol–water partition coefficient (Wildman–Crippen LogP) is 8.26. The van der Waals surface area contributed by atoms with E-state index < -0.39 is 7.26 Å². The van der Waals surface area contributed by atoms with Crippen LogP contribution in [0.2, 0.25) is 0 Å². The van der Waals surface area contributed by atoms with Crippen LogP contribution in [-0.2, 0) is 0 Å². The lowest BCUT2D eigenvalue weighted by Crippen LogP contribution is -1.79. The van der Waals surface area contributed by atoms with Gasteiger partial charge in [0.05, 0.1) is 23.3 Å². The first-order chi connectivity index (χ1) is 10.2. The summed E-state index contributed by atoms with van der Waals surface area (Å²) in [4.78, 5) is 0. The Bertz CT molecular complexity index is 264. The molecule has 0 aromatic carbocycles. The molecule has 0 aromatic rings. The van der Waals surface area contributed by atoms with Crippen molar-refractivity contribution in [3.8, 4) is 0 Å². The van der Waals surface area contributed by atoms with Crippen LogP contribution in [0.15, 0.2) is 47.6 Å². The van der Waals surface area contributed by atoms with Crippen LogP contribution in [0.5, 0.6) is 0 Å². The molecule has 0 amide bonds. The molecule has 0 heterocycles. The molecule has 0 N–H and O–H groups in total. The van der Waals surface area contributed by atoms with Gasteiger partial charge in [0.15, 0.2) is 0 Å². The monoisotopic (exact) mass is 307 g/mol. The van der Waals surface area contributed by atoms with Gasteiger partial charge in [0.1, 0.15) is 7.26 Å². The van der Waals surface area contributed by atoms with Gasteiger partial charge in [-0.05, 0) is 50.0 Å². The van der Waals surface area contributed by atoms with Gasteiger partial charge < -0.3 is 0 Å². The Hall–Kier alpha value is -0.610. The second-order valence-corrected chi connectivity index (χ2v) is 8.57. The van der Waals surface area contributed by atoms with Crippen LogP contribution in [0, 0.1) is 0 Å². The Balaban J connectivity index is 5.24. The van der Waals surface area contributed by atoms with Crippen LogP contribution < -0.4 is 0 Å². The van der Waals surface area contributed by atoms with E-state index in [1.165, 1.54) is 51.4 Å². The van der Waals surface area contributed by atoms with Crippen molar-refractivity contribution in [2.75, 3.05) is 0 Å². The molecule has 0 saturated heterocycles. The van der Waals surface area contributed by atoms with E-state index in [1.807, 2.05) is 0 Å². The quantitative estimate of drug-likeness (QED) is 0.318. The average molecular weight is 307 g/mol. The lowest BCUT2D eigenvalue weighted by molar-refractivity contribution is 0.957. The fourth-order valence-corrected chi connectivity index (χ4v) is 4.65. The Morgan fingerprint density at radius 2 is 0.714 bits per heavy atom. The van der Waals surface area contributed by atoms with Gasteiger partial charge in [-0.25, -0.2) is 0 Å². The number of hydrogen-bond donors (Lipinski definition) is 0. The maximum absolute atomic E-state index is 2.49. The van der Waals surface area contributed by atoms with Crippen molar-refractivity contribution in [1.82, 2.24) is 0 Å². The van der Waals surface area contributed by atoms with E-state index in [9.17, 15) is 0 Å². The van der Waals surface area contributed by atoms with Crippen molar-refractivity contribution in [3.63, 3.8) is 0 Å². The van der Waals surface area contributed by atoms with Crippen molar-refractivity contribution < 1.29 is 0 Å². The summed E-state index contributed by atoms with van der Waals surface area (Å²) >= 11 is 0. The molecule has 0 aliphatic heterocycles. The van der Waals surface area contributed by atoms with Crippen LogP contribution in [0.4, 0.5) is 0 Å². The summed E-state index contributed by atoms with van der Waals surface area (Å²) in [5.41, 5.74) is 0. The van der Waals surface area contributed by atoms with Crippen LogP contribution >= 0.6 is 7.26 Å². The number of hydrogen-bond acceptors (Lipinski definition) is 0. The summed E-state index contributed by atoms with van der Waals surface area (Å²) in [5, 5.41) is 0. The standard InChI is InChI=1S/C20H36P/c1-5-9-13-17-21(18-14-10-6-2,19-15-11-7-3)20-16-12-8-4/h13-20H,5-12H2,1-4H3/q+1. The maximum Gasteiger partial charge on any atom is 0.113 e. The fraction of sp³-hybridized carbons (Fsp3) is 0.600. The maximum atomic E-state index is 2.49. The topological polar surface area (TPSA) is 0 Å². The van der Waals surface area contributed by atoms with Gasteiger partial charge in [-0.15, -0.1) is 0 Å². The van der Waals surface area contributed by atoms with E-state index >= 15 is 0 Å². The SMILES string of the molecule is CCCC=C[P+](C=CCCC)(C=CCCC)C=CCCC. The van der Waals surface area contributed by atoms with Gasteiger partial charge in [0.2, 0.25) is 0 Å². The summed E-state index contributed by atoms with van der Waals surface area (Å²) in [6.07, 6.45) is 19.2. The lowest BCUT2D eigenvalue weighted by Gasteiger charge is -2.10. The highest BCUT2D eigenvalue weighted by molar-refractivity contribution is 7.87. The molecular formula is C20H36P+. The van der Waals surface area contributed by atoms with Gasteiger partial charge in [-0.2, -0.15) is 0 Å². The minimum Gasteiger partial charge on any atom is -0.0651 e. The first-order valence-electron chi connectivity index (χ1n) is 8.83. The molecule has 0 unspecified atom stereocenters. The lowest BCUT2D eigenvalue weighted by atomic mass is 10.3. The third kappa shape index (κ3) is 10.7. The van der Waals surface area contributed by atoms with Crippen LogP contribution in [0.25, 0.3) is 0 Å². The van der Waals surface area contributed by atoms with Crippen molar-refractivity contribution in [2.24, 2.45) is 0 Å². The van der Waals surface area contributed by atoms with Gasteiger partial charge in [-0.1, -0.05) is 53.4 Å². The Morgan fingerprint density at radius 1 is 0.476 bits per heavy atom. The van der Waals surface area contributed by atoms with Crippen LogP contribution in [-0.4, -0.2) is 0 Å². The zero-order chi connectivity index (χ0) is 15.8. The Kier molecular flexibility index (Phi) is 13.9. The molecule has 0 aliphatic rings. The molecule has 0 radical (unpaired) electrons. The Labute approximate surface area is 134 Å². The number of rotatable bonds is 12. The molecule has 0 nitrogen and oxygen atoms in total. The molecule has 120 valence electrons. The second-order valence-electron chi connectivity index (χ2n) is 5.59. The molecule has 0 saturated carbocycles. The molecule has 0 rings (SSSR count). The number of allylic oxidation sites excluding steroid dienone is 4. The van der Waals surface area contributed by atoms with Crippen molar-refractivity contribution in [2.45, 2.75) is 79.1 Å². The highest BCUT2D eigenvalue weighted by Crippen LogP contribution is 2.65. The van der Waals surface area contributed by atoms with E-state index in [0.29, 0.717) is 0 Å². The third-order valence-corrected chi connectivity index (χ3v) is 6.18. The first kappa shape index (κ1) is 20.4. The van der Waals surface area contributed by atoms with E-state index in [2.05, 4.69) is 75.3 Å². The van der Waals surface area contributed by atoms with E-state index in [4.69, 9.17) is 0 Å². The van der Waals surface area contributed by atoms with Gasteiger partial charge in [-0.3, -0.25) is 0 Å². The van der Waals surface area contributed by atoms with Crippen molar-refractivity contribution in [1.29, 1.82) is 0 Å². The minimum absolute atomic E-state index is 1.19. The molecule has 0 bridgehead atoms. The van der Waals surface area contributed by atoms with E-state index in [1.54, 1.807) is 0 Å². The summed E-state index contributed by atoms with van der Waals surface area (Å²) in [6, 6.07) is 0. The van der Waals surface area contributed by atoms with Gasteiger partial charge >= 0.3 is 0 Å². The highest BCUT2D eigenvalue weighted by atomic mass is 31.2. The molecule has 0 fully saturated rings. The zero-order valence-electron chi connectivity index (χ0n) is 14.7. The largest absolute Gasteiger partial charge is 0.113 e. The number of unbranched alkanes of at least 4 members (excludes halogenated alkanes) is 4. The second kappa shape index (κ2) is 14.3. The fourth-order valence-electron chi connectivity index (χ4n) is 1.99. The summed E-state index contributed by atoms with van der Waals surface area (Å²) < 4.78 is 0. The van der Waals surface area contributed by atoms with Gasteiger partial charge in [0, 0.05) is 0 Å². The van der Waals surface area contributed by atoms with Crippen LogP contribution in [0.1, 0.15) is 79.1 Å². The van der Waals surface area contributed by atoms with Gasteiger partial charge in [0.25, 0.3) is 0 Å². The molecule has 0 atom stereocenters. The normalized spacial score (nSPS) is 15.8. The molecule has 1 heteroatoms. The molecule has 0 aromatic heterocycles. The summed E-state index contributed by atoms with van der Waals surface area (Å²) in [5.74, 6) is 9.95. The average Bonchev–Trinajstić information content (AvgIpc) is 2.48. The Morgan fingerprint density at radius 3 is 0.905 bits per heavy atom. The highest BCUT2D eigenvalue weighted by Gasteiger charge is 2.25. The summed E-state index contributed by atoms with van der Waals surface area (Å²) in [6.45, 7) is 8.99. The van der Waals surface area contributed by atoms with E-state index in [-0.39, 0.29) is 0 Å². The zero-order valence-corrected chi connectivity index (χ0v) is 15.6. The van der Waals surface area contributed by atoms with Crippen molar-refractivity contribution >= 4 is 7.26 Å². The summed E-state index contributed by atoms with van der Waals surface area (Å²) in [7, 11) is -1.34.